The van der Waals surface area contributed by atoms with E-state index in [1.807, 2.05) is 11.8 Å². The minimum Gasteiger partial charge on any atom is -0.367 e. The second-order valence-corrected chi connectivity index (χ2v) is 6.82. The Morgan fingerprint density at radius 2 is 2.42 bits per heavy atom. The van der Waals surface area contributed by atoms with E-state index in [1.54, 1.807) is 23.1 Å². The van der Waals surface area contributed by atoms with Crippen LogP contribution in [0.15, 0.2) is 16.8 Å². The van der Waals surface area contributed by atoms with E-state index < -0.39 is 0 Å². The number of carbonyl (C=O) groups is 1. The second kappa shape index (κ2) is 5.83. The Hall–Kier alpha value is -0.560. The van der Waals surface area contributed by atoms with Crippen molar-refractivity contribution >= 4 is 29.0 Å². The number of ether oxygens (including phenoxy) is 1. The number of thiophene rings is 1. The van der Waals surface area contributed by atoms with E-state index >= 15 is 0 Å². The monoisotopic (exact) mass is 298 g/mol. The maximum Gasteiger partial charge on any atom is 0.240 e. The number of nitrogens with zero attached hydrogens (tertiary/aromatic N) is 1. The molecule has 0 spiro atoms. The molecule has 1 aromatic rings. The molecule has 19 heavy (non-hydrogen) atoms. The zero-order valence-electron chi connectivity index (χ0n) is 10.9. The Morgan fingerprint density at radius 3 is 3.11 bits per heavy atom. The lowest BCUT2D eigenvalue weighted by Gasteiger charge is -2.37. The highest BCUT2D eigenvalue weighted by Crippen LogP contribution is 2.27. The minimum absolute atomic E-state index is 0.0153. The van der Waals surface area contributed by atoms with E-state index in [9.17, 15) is 4.79 Å². The molecular weight excluding hydrogens is 280 g/mol. The molecule has 104 valence electrons. The SMILES string of the molecule is CC1CN(C(=O)[C@H]2CSCN2)CC(c2ccsc2)O1. The first-order chi connectivity index (χ1) is 9.24. The maximum absolute atomic E-state index is 12.5. The van der Waals surface area contributed by atoms with Gasteiger partial charge >= 0.3 is 0 Å². The van der Waals surface area contributed by atoms with Gasteiger partial charge in [0, 0.05) is 18.2 Å². The smallest absolute Gasteiger partial charge is 0.240 e. The van der Waals surface area contributed by atoms with Gasteiger partial charge in [0.1, 0.15) is 6.10 Å². The summed E-state index contributed by atoms with van der Waals surface area (Å²) in [6.07, 6.45) is 0.115. The summed E-state index contributed by atoms with van der Waals surface area (Å²) < 4.78 is 5.96. The van der Waals surface area contributed by atoms with Crippen LogP contribution in [0.2, 0.25) is 0 Å². The first-order valence-corrected chi connectivity index (χ1v) is 8.61. The fourth-order valence-electron chi connectivity index (χ4n) is 2.55. The van der Waals surface area contributed by atoms with Crippen LogP contribution in [0.3, 0.4) is 0 Å². The van der Waals surface area contributed by atoms with Crippen LogP contribution in [-0.2, 0) is 9.53 Å². The van der Waals surface area contributed by atoms with Gasteiger partial charge in [-0.05, 0) is 29.3 Å². The highest BCUT2D eigenvalue weighted by molar-refractivity contribution is 7.99. The van der Waals surface area contributed by atoms with Crippen LogP contribution in [0, 0.1) is 0 Å². The average molecular weight is 298 g/mol. The summed E-state index contributed by atoms with van der Waals surface area (Å²) in [6, 6.07) is 2.07. The van der Waals surface area contributed by atoms with Gasteiger partial charge in [0.2, 0.25) is 5.91 Å². The van der Waals surface area contributed by atoms with Gasteiger partial charge in [-0.1, -0.05) is 0 Å². The molecule has 1 aromatic heterocycles. The first kappa shape index (κ1) is 13.4. The van der Waals surface area contributed by atoms with Crippen molar-refractivity contribution in [3.63, 3.8) is 0 Å². The first-order valence-electron chi connectivity index (χ1n) is 6.51. The molecule has 1 N–H and O–H groups in total. The summed E-state index contributed by atoms with van der Waals surface area (Å²) >= 11 is 3.46. The molecule has 3 heterocycles. The molecule has 2 fully saturated rings. The summed E-state index contributed by atoms with van der Waals surface area (Å²) in [6.45, 7) is 3.40. The minimum atomic E-state index is -0.0153. The van der Waals surface area contributed by atoms with Crippen molar-refractivity contribution in [3.05, 3.63) is 22.4 Å². The Bertz CT molecular complexity index is 432. The zero-order chi connectivity index (χ0) is 13.2. The van der Waals surface area contributed by atoms with E-state index in [1.165, 1.54) is 5.56 Å². The zero-order valence-corrected chi connectivity index (χ0v) is 12.5. The second-order valence-electron chi connectivity index (χ2n) is 5.01. The molecule has 2 saturated heterocycles. The fraction of sp³-hybridized carbons (Fsp3) is 0.615. The third-order valence-corrected chi connectivity index (χ3v) is 5.14. The molecule has 4 nitrogen and oxygen atoms in total. The number of hydrogen-bond acceptors (Lipinski definition) is 5. The van der Waals surface area contributed by atoms with Gasteiger partial charge in [0.05, 0.1) is 18.7 Å². The Morgan fingerprint density at radius 1 is 1.53 bits per heavy atom. The van der Waals surface area contributed by atoms with Crippen molar-refractivity contribution in [1.82, 2.24) is 10.2 Å². The molecule has 0 aromatic carbocycles. The van der Waals surface area contributed by atoms with E-state index in [0.717, 1.165) is 11.6 Å². The van der Waals surface area contributed by atoms with Crippen molar-refractivity contribution in [2.45, 2.75) is 25.2 Å². The molecule has 3 rings (SSSR count). The van der Waals surface area contributed by atoms with Gasteiger partial charge in [-0.2, -0.15) is 11.3 Å². The Balaban J connectivity index is 1.69. The number of hydrogen-bond donors (Lipinski definition) is 1. The lowest BCUT2D eigenvalue weighted by Crippen LogP contribution is -2.52. The standard InChI is InChI=1S/C13H18N2O2S2/c1-9-4-15(13(16)11-7-19-8-14-11)5-12(17-9)10-2-3-18-6-10/h2-3,6,9,11-12,14H,4-5,7-8H2,1H3/t9?,11-,12?/m1/s1. The van der Waals surface area contributed by atoms with Crippen LogP contribution in [-0.4, -0.2) is 47.7 Å². The third kappa shape index (κ3) is 2.97. The molecule has 0 bridgehead atoms. The van der Waals surface area contributed by atoms with Crippen LogP contribution < -0.4 is 5.32 Å². The van der Waals surface area contributed by atoms with Gasteiger partial charge in [0.15, 0.2) is 0 Å². The van der Waals surface area contributed by atoms with Gasteiger partial charge in [-0.15, -0.1) is 11.8 Å². The number of rotatable bonds is 2. The molecule has 2 unspecified atom stereocenters. The predicted molar refractivity (Wildman–Crippen MR) is 78.4 cm³/mol. The van der Waals surface area contributed by atoms with Gasteiger partial charge in [-0.3, -0.25) is 10.1 Å². The third-order valence-electron chi connectivity index (χ3n) is 3.50. The van der Waals surface area contributed by atoms with Crippen molar-refractivity contribution in [2.24, 2.45) is 0 Å². The quantitative estimate of drug-likeness (QED) is 0.902. The Labute approximate surface area is 121 Å². The molecule has 0 radical (unpaired) electrons. The number of morpholine rings is 1. The van der Waals surface area contributed by atoms with Gasteiger partial charge in [0.25, 0.3) is 0 Å². The molecule has 6 heteroatoms. The Kier molecular flexibility index (Phi) is 4.12. The maximum atomic E-state index is 12.5. The number of amides is 1. The molecular formula is C13H18N2O2S2. The van der Waals surface area contributed by atoms with Crippen molar-refractivity contribution in [3.8, 4) is 0 Å². The van der Waals surface area contributed by atoms with Crippen molar-refractivity contribution < 1.29 is 9.53 Å². The van der Waals surface area contributed by atoms with E-state index in [4.69, 9.17) is 4.74 Å². The van der Waals surface area contributed by atoms with Crippen LogP contribution in [0.25, 0.3) is 0 Å². The normalized spacial score (nSPS) is 31.6. The fourth-order valence-corrected chi connectivity index (χ4v) is 4.18. The number of nitrogens with one attached hydrogen (secondary N) is 1. The largest absolute Gasteiger partial charge is 0.367 e. The molecule has 2 aliphatic heterocycles. The number of carbonyl (C=O) groups excluding carboxylic acids is 1. The summed E-state index contributed by atoms with van der Waals surface area (Å²) in [4.78, 5) is 14.4. The van der Waals surface area contributed by atoms with Crippen molar-refractivity contribution in [2.75, 3.05) is 24.7 Å². The summed E-state index contributed by atoms with van der Waals surface area (Å²) in [5, 5.41) is 7.41. The molecule has 1 amide bonds. The van der Waals surface area contributed by atoms with E-state index in [0.29, 0.717) is 13.1 Å². The summed E-state index contributed by atoms with van der Waals surface area (Å²) in [5.41, 5.74) is 1.18. The van der Waals surface area contributed by atoms with Crippen LogP contribution in [0.4, 0.5) is 0 Å². The molecule has 0 aliphatic carbocycles. The highest BCUT2D eigenvalue weighted by Gasteiger charge is 2.34. The van der Waals surface area contributed by atoms with Crippen LogP contribution >= 0.6 is 23.1 Å². The van der Waals surface area contributed by atoms with Crippen molar-refractivity contribution in [1.29, 1.82) is 0 Å². The summed E-state index contributed by atoms with van der Waals surface area (Å²) in [5.74, 6) is 1.98. The lowest BCUT2D eigenvalue weighted by atomic mass is 10.1. The predicted octanol–water partition coefficient (Wildman–Crippen LogP) is 1.70. The van der Waals surface area contributed by atoms with E-state index in [2.05, 4.69) is 22.1 Å². The van der Waals surface area contributed by atoms with Gasteiger partial charge < -0.3 is 9.64 Å². The van der Waals surface area contributed by atoms with Crippen LogP contribution in [0.1, 0.15) is 18.6 Å². The van der Waals surface area contributed by atoms with Crippen LogP contribution in [0.5, 0.6) is 0 Å². The number of thioether (sulfide) groups is 1. The molecule has 0 saturated carbocycles. The summed E-state index contributed by atoms with van der Waals surface area (Å²) in [7, 11) is 0. The highest BCUT2D eigenvalue weighted by atomic mass is 32.2. The van der Waals surface area contributed by atoms with Gasteiger partial charge in [-0.25, -0.2) is 0 Å². The average Bonchev–Trinajstić information content (AvgIpc) is 3.10. The topological polar surface area (TPSA) is 41.6 Å². The molecule has 2 aliphatic rings. The van der Waals surface area contributed by atoms with E-state index in [-0.39, 0.29) is 24.2 Å². The lowest BCUT2D eigenvalue weighted by molar-refractivity contribution is -0.146. The molecule has 3 atom stereocenters.